The van der Waals surface area contributed by atoms with Crippen molar-refractivity contribution in [2.24, 2.45) is 5.92 Å². The molecule has 1 N–H and O–H groups in total. The smallest absolute Gasteiger partial charge is 0.243 e. The van der Waals surface area contributed by atoms with E-state index in [1.807, 2.05) is 0 Å². The molecule has 2 aliphatic rings. The standard InChI is InChI=1S/C16H23NO3S/c1-12(18)13-7-9-15(10-8-13)21(19,20)17-11-3-5-14-4-2-6-16(14)17/h7-10,12,14,16,18H,2-6,11H2,1H3. The zero-order valence-corrected chi connectivity index (χ0v) is 13.2. The van der Waals surface area contributed by atoms with Crippen LogP contribution in [0.25, 0.3) is 0 Å². The van der Waals surface area contributed by atoms with Gasteiger partial charge < -0.3 is 5.11 Å². The van der Waals surface area contributed by atoms with E-state index in [0.29, 0.717) is 17.4 Å². The van der Waals surface area contributed by atoms with E-state index in [9.17, 15) is 13.5 Å². The summed E-state index contributed by atoms with van der Waals surface area (Å²) in [5, 5.41) is 9.53. The van der Waals surface area contributed by atoms with Crippen LogP contribution in [0.1, 0.15) is 50.7 Å². The molecule has 1 saturated heterocycles. The summed E-state index contributed by atoms with van der Waals surface area (Å²) in [5.74, 6) is 0.547. The maximum Gasteiger partial charge on any atom is 0.243 e. The molecule has 3 rings (SSSR count). The molecule has 1 heterocycles. The van der Waals surface area contributed by atoms with Gasteiger partial charge in [0.15, 0.2) is 0 Å². The Labute approximate surface area is 126 Å². The molecule has 0 radical (unpaired) electrons. The van der Waals surface area contributed by atoms with Crippen LogP contribution in [0.2, 0.25) is 0 Å². The fourth-order valence-corrected chi connectivity index (χ4v) is 5.51. The maximum absolute atomic E-state index is 12.9. The van der Waals surface area contributed by atoms with Crippen LogP contribution in [-0.4, -0.2) is 30.4 Å². The average Bonchev–Trinajstić information content (AvgIpc) is 2.95. The van der Waals surface area contributed by atoms with Crippen LogP contribution in [-0.2, 0) is 10.0 Å². The van der Waals surface area contributed by atoms with Crippen LogP contribution in [0.3, 0.4) is 0 Å². The lowest BCUT2D eigenvalue weighted by Gasteiger charge is -2.36. The van der Waals surface area contributed by atoms with Crippen molar-refractivity contribution in [1.29, 1.82) is 0 Å². The van der Waals surface area contributed by atoms with E-state index < -0.39 is 16.1 Å². The topological polar surface area (TPSA) is 57.6 Å². The normalized spacial score (nSPS) is 28.3. The molecule has 0 aromatic heterocycles. The quantitative estimate of drug-likeness (QED) is 0.934. The van der Waals surface area contributed by atoms with Crippen molar-refractivity contribution in [1.82, 2.24) is 4.31 Å². The first-order chi connectivity index (χ1) is 10.00. The van der Waals surface area contributed by atoms with E-state index >= 15 is 0 Å². The number of hydrogen-bond acceptors (Lipinski definition) is 3. The number of rotatable bonds is 3. The zero-order valence-electron chi connectivity index (χ0n) is 12.4. The summed E-state index contributed by atoms with van der Waals surface area (Å²) in [6.07, 6.45) is 4.86. The second-order valence-corrected chi connectivity index (χ2v) is 8.15. The van der Waals surface area contributed by atoms with Gasteiger partial charge in [-0.1, -0.05) is 18.6 Å². The van der Waals surface area contributed by atoms with E-state index in [2.05, 4.69) is 0 Å². The van der Waals surface area contributed by atoms with Crippen LogP contribution in [0, 0.1) is 5.92 Å². The number of aliphatic hydroxyl groups excluding tert-OH is 1. The summed E-state index contributed by atoms with van der Waals surface area (Å²) in [5.41, 5.74) is 0.742. The van der Waals surface area contributed by atoms with Crippen molar-refractivity contribution in [3.05, 3.63) is 29.8 Å². The lowest BCUT2D eigenvalue weighted by molar-refractivity contribution is 0.198. The highest BCUT2D eigenvalue weighted by molar-refractivity contribution is 7.89. The van der Waals surface area contributed by atoms with Gasteiger partial charge in [0.05, 0.1) is 11.0 Å². The van der Waals surface area contributed by atoms with Crippen molar-refractivity contribution in [3.63, 3.8) is 0 Å². The Hall–Kier alpha value is -0.910. The molecule has 3 atom stereocenters. The number of nitrogens with zero attached hydrogens (tertiary/aromatic N) is 1. The first-order valence-corrected chi connectivity index (χ1v) is 9.24. The summed E-state index contributed by atoms with van der Waals surface area (Å²) >= 11 is 0. The van der Waals surface area contributed by atoms with E-state index in [4.69, 9.17) is 0 Å². The lowest BCUT2D eigenvalue weighted by atomic mass is 9.94. The van der Waals surface area contributed by atoms with E-state index in [1.54, 1.807) is 35.5 Å². The van der Waals surface area contributed by atoms with Crippen molar-refractivity contribution in [3.8, 4) is 0 Å². The first kappa shape index (κ1) is 15.0. The molecule has 0 bridgehead atoms. The average molecular weight is 309 g/mol. The fourth-order valence-electron chi connectivity index (χ4n) is 3.76. The number of piperidine rings is 1. The van der Waals surface area contributed by atoms with Crippen LogP contribution in [0.5, 0.6) is 0 Å². The molecule has 0 spiro atoms. The molecule has 2 fully saturated rings. The predicted molar refractivity (Wildman–Crippen MR) is 81.3 cm³/mol. The van der Waals surface area contributed by atoms with Gasteiger partial charge in [0, 0.05) is 12.6 Å². The molecule has 0 amide bonds. The minimum absolute atomic E-state index is 0.195. The molecule has 5 heteroatoms. The van der Waals surface area contributed by atoms with Gasteiger partial charge in [0.25, 0.3) is 0 Å². The van der Waals surface area contributed by atoms with Crippen molar-refractivity contribution >= 4 is 10.0 Å². The minimum atomic E-state index is -3.41. The fraction of sp³-hybridized carbons (Fsp3) is 0.625. The van der Waals surface area contributed by atoms with E-state index in [-0.39, 0.29) is 6.04 Å². The Morgan fingerprint density at radius 2 is 1.81 bits per heavy atom. The van der Waals surface area contributed by atoms with Crippen molar-refractivity contribution in [2.45, 2.75) is 56.1 Å². The molecule has 1 aliphatic heterocycles. The molecule has 21 heavy (non-hydrogen) atoms. The molecular formula is C16H23NO3S. The second kappa shape index (κ2) is 5.71. The predicted octanol–water partition coefficient (Wildman–Crippen LogP) is 2.69. The molecular weight excluding hydrogens is 286 g/mol. The third-order valence-corrected chi connectivity index (χ3v) is 6.85. The van der Waals surface area contributed by atoms with Crippen LogP contribution < -0.4 is 0 Å². The number of benzene rings is 1. The number of fused-ring (bicyclic) bond motifs is 1. The van der Waals surface area contributed by atoms with E-state index in [1.165, 1.54) is 0 Å². The molecule has 1 saturated carbocycles. The van der Waals surface area contributed by atoms with Gasteiger partial charge in [-0.2, -0.15) is 4.31 Å². The van der Waals surface area contributed by atoms with Crippen LogP contribution >= 0.6 is 0 Å². The summed E-state index contributed by atoms with van der Waals surface area (Å²) in [7, 11) is -3.41. The Balaban J connectivity index is 1.88. The Bertz CT molecular complexity index is 594. The monoisotopic (exact) mass is 309 g/mol. The largest absolute Gasteiger partial charge is 0.389 e. The third kappa shape index (κ3) is 2.74. The van der Waals surface area contributed by atoms with Crippen LogP contribution in [0.4, 0.5) is 0 Å². The third-order valence-electron chi connectivity index (χ3n) is 4.91. The SMILES string of the molecule is CC(O)c1ccc(S(=O)(=O)N2CCCC3CCCC32)cc1. The molecule has 116 valence electrons. The summed E-state index contributed by atoms with van der Waals surface area (Å²) in [6, 6.07) is 6.84. The minimum Gasteiger partial charge on any atom is -0.389 e. The Morgan fingerprint density at radius 1 is 1.14 bits per heavy atom. The first-order valence-electron chi connectivity index (χ1n) is 7.80. The van der Waals surface area contributed by atoms with Gasteiger partial charge in [-0.3, -0.25) is 0 Å². The zero-order chi connectivity index (χ0) is 15.0. The molecule has 1 aromatic rings. The highest BCUT2D eigenvalue weighted by Crippen LogP contribution is 2.39. The highest BCUT2D eigenvalue weighted by Gasteiger charge is 2.41. The van der Waals surface area contributed by atoms with Gasteiger partial charge in [0.1, 0.15) is 0 Å². The van der Waals surface area contributed by atoms with Gasteiger partial charge in [0.2, 0.25) is 10.0 Å². The summed E-state index contributed by atoms with van der Waals surface area (Å²) in [4.78, 5) is 0.347. The van der Waals surface area contributed by atoms with Crippen molar-refractivity contribution in [2.75, 3.05) is 6.54 Å². The molecule has 1 aliphatic carbocycles. The van der Waals surface area contributed by atoms with Crippen LogP contribution in [0.15, 0.2) is 29.2 Å². The number of hydrogen-bond donors (Lipinski definition) is 1. The molecule has 3 unspecified atom stereocenters. The van der Waals surface area contributed by atoms with Gasteiger partial charge in [-0.25, -0.2) is 8.42 Å². The lowest BCUT2D eigenvalue weighted by Crippen LogP contribution is -2.46. The highest BCUT2D eigenvalue weighted by atomic mass is 32.2. The Kier molecular flexibility index (Phi) is 4.08. The summed E-state index contributed by atoms with van der Waals surface area (Å²) in [6.45, 7) is 2.32. The van der Waals surface area contributed by atoms with Crippen molar-refractivity contribution < 1.29 is 13.5 Å². The van der Waals surface area contributed by atoms with Gasteiger partial charge in [-0.15, -0.1) is 0 Å². The second-order valence-electron chi connectivity index (χ2n) is 6.26. The number of aliphatic hydroxyl groups is 1. The maximum atomic E-state index is 12.9. The molecule has 1 aromatic carbocycles. The van der Waals surface area contributed by atoms with Gasteiger partial charge in [-0.05, 0) is 56.2 Å². The molecule has 4 nitrogen and oxygen atoms in total. The summed E-state index contributed by atoms with van der Waals surface area (Å²) < 4.78 is 27.5. The number of sulfonamides is 1. The Morgan fingerprint density at radius 3 is 2.48 bits per heavy atom. The van der Waals surface area contributed by atoms with E-state index in [0.717, 1.165) is 37.7 Å². The van der Waals surface area contributed by atoms with Gasteiger partial charge >= 0.3 is 0 Å².